The normalized spacial score (nSPS) is 18.6. The lowest BCUT2D eigenvalue weighted by Crippen LogP contribution is -2.33. The summed E-state index contributed by atoms with van der Waals surface area (Å²) in [6.07, 6.45) is 9.41. The van der Waals surface area contributed by atoms with Gasteiger partial charge in [-0.15, -0.1) is 0 Å². The van der Waals surface area contributed by atoms with Gasteiger partial charge in [0.2, 0.25) is 5.91 Å². The van der Waals surface area contributed by atoms with Crippen molar-refractivity contribution < 1.29 is 19.8 Å². The molecule has 0 aliphatic carbocycles. The van der Waals surface area contributed by atoms with Crippen LogP contribution in [0.15, 0.2) is 36.4 Å². The van der Waals surface area contributed by atoms with Gasteiger partial charge in [0.1, 0.15) is 0 Å². The zero-order valence-corrected chi connectivity index (χ0v) is 15.4. The molecule has 0 aromatic heterocycles. The Morgan fingerprint density at radius 3 is 2.69 bits per heavy atom. The Morgan fingerprint density at radius 2 is 2.04 bits per heavy atom. The summed E-state index contributed by atoms with van der Waals surface area (Å²) in [5, 5.41) is 19.0. The summed E-state index contributed by atoms with van der Waals surface area (Å²) in [5.74, 6) is -0.795. The summed E-state index contributed by atoms with van der Waals surface area (Å²) in [4.78, 5) is 24.9. The minimum atomic E-state index is -0.936. The number of carbonyl (C=O) groups excluding carboxylic acids is 1. The number of unbranched alkanes of at least 4 members (excludes halogenated alkanes) is 2. The average Bonchev–Trinajstić information content (AvgIpc) is 2.98. The van der Waals surface area contributed by atoms with Crippen molar-refractivity contribution in [3.63, 3.8) is 0 Å². The van der Waals surface area contributed by atoms with E-state index in [-0.39, 0.29) is 17.5 Å². The molecule has 142 valence electrons. The fourth-order valence-electron chi connectivity index (χ4n) is 3.27. The summed E-state index contributed by atoms with van der Waals surface area (Å²) in [6.45, 7) is 2.74. The molecule has 2 N–H and O–H groups in total. The number of carboxylic acid groups (broad SMARTS) is 1. The molecule has 1 aliphatic heterocycles. The molecule has 1 fully saturated rings. The second-order valence-corrected chi connectivity index (χ2v) is 6.89. The minimum absolute atomic E-state index is 0.0432. The molecule has 1 saturated heterocycles. The highest BCUT2D eigenvalue weighted by molar-refractivity contribution is 5.87. The van der Waals surface area contributed by atoms with Gasteiger partial charge < -0.3 is 15.1 Å². The molecular weight excluding hydrogens is 330 g/mol. The Morgan fingerprint density at radius 1 is 1.31 bits per heavy atom. The number of hydrogen-bond acceptors (Lipinski definition) is 3. The van der Waals surface area contributed by atoms with Crippen molar-refractivity contribution >= 4 is 11.9 Å². The number of aromatic carboxylic acids is 1. The molecule has 0 spiro atoms. The van der Waals surface area contributed by atoms with Crippen LogP contribution in [0.4, 0.5) is 0 Å². The lowest BCUT2D eigenvalue weighted by molar-refractivity contribution is -0.128. The van der Waals surface area contributed by atoms with Crippen LogP contribution in [-0.2, 0) is 11.2 Å². The summed E-state index contributed by atoms with van der Waals surface area (Å²) in [5.41, 5.74) is 1.28. The van der Waals surface area contributed by atoms with E-state index in [4.69, 9.17) is 5.11 Å². The van der Waals surface area contributed by atoms with Gasteiger partial charge >= 0.3 is 5.97 Å². The zero-order valence-electron chi connectivity index (χ0n) is 15.4. The van der Waals surface area contributed by atoms with Crippen LogP contribution in [0, 0.1) is 0 Å². The SMILES string of the molecule is CCCCC[C@H](O)/C=C/C1CCC(=O)N1CCc1ccc(C(=O)O)cc1. The molecule has 1 aromatic carbocycles. The van der Waals surface area contributed by atoms with E-state index in [1.807, 2.05) is 17.1 Å². The van der Waals surface area contributed by atoms with Crippen molar-refractivity contribution in [1.29, 1.82) is 0 Å². The quantitative estimate of drug-likeness (QED) is 0.496. The van der Waals surface area contributed by atoms with E-state index in [0.29, 0.717) is 19.4 Å². The van der Waals surface area contributed by atoms with E-state index in [0.717, 1.165) is 37.7 Å². The fourth-order valence-corrected chi connectivity index (χ4v) is 3.27. The lowest BCUT2D eigenvalue weighted by atomic mass is 10.1. The molecule has 1 heterocycles. The van der Waals surface area contributed by atoms with Gasteiger partial charge in [0, 0.05) is 13.0 Å². The lowest BCUT2D eigenvalue weighted by Gasteiger charge is -2.22. The molecule has 1 aromatic rings. The van der Waals surface area contributed by atoms with E-state index in [9.17, 15) is 14.7 Å². The van der Waals surface area contributed by atoms with Crippen LogP contribution in [0.3, 0.4) is 0 Å². The van der Waals surface area contributed by atoms with E-state index in [1.165, 1.54) is 0 Å². The van der Waals surface area contributed by atoms with Crippen LogP contribution in [-0.4, -0.2) is 45.7 Å². The molecule has 5 nitrogen and oxygen atoms in total. The van der Waals surface area contributed by atoms with Gasteiger partial charge in [-0.2, -0.15) is 0 Å². The highest BCUT2D eigenvalue weighted by Crippen LogP contribution is 2.21. The number of carboxylic acids is 1. The van der Waals surface area contributed by atoms with Crippen molar-refractivity contribution in [3.8, 4) is 0 Å². The smallest absolute Gasteiger partial charge is 0.335 e. The maximum Gasteiger partial charge on any atom is 0.335 e. The van der Waals surface area contributed by atoms with Crippen LogP contribution < -0.4 is 0 Å². The Labute approximate surface area is 155 Å². The van der Waals surface area contributed by atoms with Gasteiger partial charge in [0.25, 0.3) is 0 Å². The van der Waals surface area contributed by atoms with Crippen molar-refractivity contribution in [3.05, 3.63) is 47.5 Å². The standard InChI is InChI=1S/C21H29NO4/c1-2-3-4-5-19(23)12-10-18-11-13-20(24)22(18)15-14-16-6-8-17(9-7-16)21(25)26/h6-10,12,18-19,23H,2-5,11,13-15H2,1H3,(H,25,26)/b12-10+/t18?,19-/m0/s1. The van der Waals surface area contributed by atoms with Crippen molar-refractivity contribution in [2.45, 2.75) is 64.0 Å². The van der Waals surface area contributed by atoms with E-state index in [2.05, 4.69) is 6.92 Å². The molecule has 5 heteroatoms. The second kappa shape index (κ2) is 10.1. The van der Waals surface area contributed by atoms with E-state index >= 15 is 0 Å². The molecule has 0 bridgehead atoms. The van der Waals surface area contributed by atoms with Crippen LogP contribution in [0.1, 0.15) is 61.4 Å². The molecule has 1 amide bonds. The summed E-state index contributed by atoms with van der Waals surface area (Å²) >= 11 is 0. The number of hydrogen-bond donors (Lipinski definition) is 2. The summed E-state index contributed by atoms with van der Waals surface area (Å²) in [7, 11) is 0. The maximum atomic E-state index is 12.2. The molecular formula is C21H29NO4. The largest absolute Gasteiger partial charge is 0.478 e. The van der Waals surface area contributed by atoms with Crippen LogP contribution in [0.25, 0.3) is 0 Å². The van der Waals surface area contributed by atoms with Crippen LogP contribution >= 0.6 is 0 Å². The van der Waals surface area contributed by atoms with Crippen molar-refractivity contribution in [1.82, 2.24) is 4.90 Å². The number of carbonyl (C=O) groups is 2. The first-order valence-electron chi connectivity index (χ1n) is 9.49. The highest BCUT2D eigenvalue weighted by Gasteiger charge is 2.28. The highest BCUT2D eigenvalue weighted by atomic mass is 16.4. The van der Waals surface area contributed by atoms with Crippen molar-refractivity contribution in [2.24, 2.45) is 0 Å². The Balaban J connectivity index is 1.87. The van der Waals surface area contributed by atoms with Crippen LogP contribution in [0.5, 0.6) is 0 Å². The molecule has 1 aliphatic rings. The number of aliphatic hydroxyl groups is 1. The maximum absolute atomic E-state index is 12.2. The van der Waals surface area contributed by atoms with E-state index in [1.54, 1.807) is 24.3 Å². The topological polar surface area (TPSA) is 77.8 Å². The molecule has 26 heavy (non-hydrogen) atoms. The monoisotopic (exact) mass is 359 g/mol. The number of amides is 1. The molecule has 0 radical (unpaired) electrons. The molecule has 1 unspecified atom stereocenters. The van der Waals surface area contributed by atoms with Crippen LogP contribution in [0.2, 0.25) is 0 Å². The number of nitrogens with zero attached hydrogens (tertiary/aromatic N) is 1. The molecule has 2 atom stereocenters. The number of likely N-dealkylation sites (tertiary alicyclic amines) is 1. The van der Waals surface area contributed by atoms with Gasteiger partial charge in [-0.25, -0.2) is 4.79 Å². The first-order chi connectivity index (χ1) is 12.5. The number of rotatable bonds is 10. The summed E-state index contributed by atoms with van der Waals surface area (Å²) < 4.78 is 0. The van der Waals surface area contributed by atoms with E-state index < -0.39 is 12.1 Å². The predicted molar refractivity (Wildman–Crippen MR) is 101 cm³/mol. The third-order valence-corrected chi connectivity index (χ3v) is 4.88. The van der Waals surface area contributed by atoms with Gasteiger partial charge in [-0.05, 0) is 37.0 Å². The Bertz CT molecular complexity index is 623. The van der Waals surface area contributed by atoms with Gasteiger partial charge in [-0.1, -0.05) is 50.5 Å². The Kier molecular flexibility index (Phi) is 7.85. The number of aliphatic hydroxyl groups excluding tert-OH is 1. The van der Waals surface area contributed by atoms with Gasteiger partial charge in [0.05, 0.1) is 17.7 Å². The third kappa shape index (κ3) is 5.99. The van der Waals surface area contributed by atoms with Gasteiger partial charge in [-0.3, -0.25) is 4.79 Å². The molecule has 2 rings (SSSR count). The molecule has 0 saturated carbocycles. The second-order valence-electron chi connectivity index (χ2n) is 6.89. The summed E-state index contributed by atoms with van der Waals surface area (Å²) in [6, 6.07) is 6.82. The third-order valence-electron chi connectivity index (χ3n) is 4.88. The van der Waals surface area contributed by atoms with Crippen molar-refractivity contribution in [2.75, 3.05) is 6.54 Å². The number of benzene rings is 1. The first kappa shape index (κ1) is 20.2. The zero-order chi connectivity index (χ0) is 18.9. The van der Waals surface area contributed by atoms with Gasteiger partial charge in [0.15, 0.2) is 0 Å². The average molecular weight is 359 g/mol. The fraction of sp³-hybridized carbons (Fsp3) is 0.524. The Hall–Kier alpha value is -2.14. The first-order valence-corrected chi connectivity index (χ1v) is 9.49. The predicted octanol–water partition coefficient (Wildman–Crippen LogP) is 3.42. The minimum Gasteiger partial charge on any atom is -0.478 e.